The van der Waals surface area contributed by atoms with Gasteiger partial charge in [0.25, 0.3) is 0 Å². The molecule has 104 valence electrons. The fourth-order valence-electron chi connectivity index (χ4n) is 1.71. The average molecular weight is 280 g/mol. The first-order valence-corrected chi connectivity index (χ1v) is 7.62. The van der Waals surface area contributed by atoms with Gasteiger partial charge in [-0.1, -0.05) is 6.92 Å². The predicted molar refractivity (Wildman–Crippen MR) is 78.2 cm³/mol. The average Bonchev–Trinajstić information content (AvgIpc) is 2.34. The van der Waals surface area contributed by atoms with Crippen LogP contribution < -0.4 is 10.5 Å². The molecule has 0 spiro atoms. The molecule has 0 amide bonds. The van der Waals surface area contributed by atoms with Crippen molar-refractivity contribution in [3.63, 3.8) is 0 Å². The van der Waals surface area contributed by atoms with Gasteiger partial charge >= 0.3 is 0 Å². The molecule has 0 aromatic heterocycles. The van der Waals surface area contributed by atoms with E-state index in [0.29, 0.717) is 18.5 Å². The Bertz CT molecular complexity index is 577. The third kappa shape index (κ3) is 3.72. The lowest BCUT2D eigenvalue weighted by atomic mass is 10.1. The summed E-state index contributed by atoms with van der Waals surface area (Å²) in [6.45, 7) is 5.59. The number of terminal acetylenes is 1. The number of rotatable bonds is 5. The third-order valence-electron chi connectivity index (χ3n) is 3.17. The Kier molecular flexibility index (Phi) is 4.98. The molecule has 3 N–H and O–H groups in total. The van der Waals surface area contributed by atoms with Crippen LogP contribution >= 0.6 is 0 Å². The number of anilines is 1. The molecule has 1 unspecified atom stereocenters. The van der Waals surface area contributed by atoms with Crippen LogP contribution in [-0.2, 0) is 10.0 Å². The summed E-state index contributed by atoms with van der Waals surface area (Å²) in [5.41, 5.74) is 8.04. The number of nitrogens with two attached hydrogens (primary N) is 1. The van der Waals surface area contributed by atoms with Gasteiger partial charge in [-0.05, 0) is 43.5 Å². The van der Waals surface area contributed by atoms with Crippen LogP contribution in [-0.4, -0.2) is 14.5 Å². The van der Waals surface area contributed by atoms with Crippen LogP contribution in [0.25, 0.3) is 0 Å². The quantitative estimate of drug-likeness (QED) is 0.640. The van der Waals surface area contributed by atoms with Gasteiger partial charge in [-0.3, -0.25) is 0 Å². The maximum Gasteiger partial charge on any atom is 0.240 e. The van der Waals surface area contributed by atoms with E-state index in [0.717, 1.165) is 11.1 Å². The van der Waals surface area contributed by atoms with Crippen LogP contribution in [0.2, 0.25) is 0 Å². The molecule has 0 radical (unpaired) electrons. The number of benzene rings is 1. The molecule has 0 fully saturated rings. The van der Waals surface area contributed by atoms with E-state index in [1.807, 2.05) is 20.8 Å². The predicted octanol–water partition coefficient (Wildman–Crippen LogP) is 1.97. The first-order chi connectivity index (χ1) is 8.81. The molecule has 0 aliphatic rings. The molecule has 0 saturated carbocycles. The SMILES string of the molecule is C#CCC(CC)NS(=O)(=O)c1cc(C)c(C)c(N)c1. The second-order valence-corrected chi connectivity index (χ2v) is 6.30. The molecule has 4 nitrogen and oxygen atoms in total. The van der Waals surface area contributed by atoms with Crippen molar-refractivity contribution in [2.24, 2.45) is 0 Å². The van der Waals surface area contributed by atoms with Gasteiger partial charge in [-0.25, -0.2) is 13.1 Å². The Morgan fingerprint density at radius 1 is 1.42 bits per heavy atom. The molecule has 1 rings (SSSR count). The van der Waals surface area contributed by atoms with E-state index in [9.17, 15) is 8.42 Å². The summed E-state index contributed by atoms with van der Waals surface area (Å²) in [7, 11) is -3.58. The second-order valence-electron chi connectivity index (χ2n) is 4.59. The zero-order chi connectivity index (χ0) is 14.6. The van der Waals surface area contributed by atoms with Gasteiger partial charge in [-0.15, -0.1) is 12.3 Å². The van der Waals surface area contributed by atoms with Gasteiger partial charge in [-0.2, -0.15) is 0 Å². The summed E-state index contributed by atoms with van der Waals surface area (Å²) in [6, 6.07) is 2.85. The number of hydrogen-bond donors (Lipinski definition) is 2. The van der Waals surface area contributed by atoms with E-state index >= 15 is 0 Å². The maximum atomic E-state index is 12.3. The van der Waals surface area contributed by atoms with Crippen molar-refractivity contribution in [3.05, 3.63) is 23.3 Å². The van der Waals surface area contributed by atoms with Crippen molar-refractivity contribution in [1.82, 2.24) is 4.72 Å². The standard InChI is InChI=1S/C14H20N2O2S/c1-5-7-12(6-2)16-19(17,18)13-8-10(3)11(4)14(15)9-13/h1,8-9,12,16H,6-7,15H2,2-4H3. The Hall–Kier alpha value is -1.51. The second kappa shape index (κ2) is 6.09. The molecule has 0 aliphatic carbocycles. The lowest BCUT2D eigenvalue weighted by Crippen LogP contribution is -2.34. The lowest BCUT2D eigenvalue weighted by Gasteiger charge is -2.16. The molecule has 1 aromatic carbocycles. The molecule has 5 heteroatoms. The molecule has 1 atom stereocenters. The molecule has 1 aromatic rings. The number of hydrogen-bond acceptors (Lipinski definition) is 3. The van der Waals surface area contributed by atoms with Crippen LogP contribution in [0.3, 0.4) is 0 Å². The fraction of sp³-hybridized carbons (Fsp3) is 0.429. The third-order valence-corrected chi connectivity index (χ3v) is 4.67. The molecule has 19 heavy (non-hydrogen) atoms. The summed E-state index contributed by atoms with van der Waals surface area (Å²) in [5.74, 6) is 2.47. The van der Waals surface area contributed by atoms with E-state index in [1.54, 1.807) is 6.07 Å². The summed E-state index contributed by atoms with van der Waals surface area (Å²) in [6.07, 6.45) is 6.24. The highest BCUT2D eigenvalue weighted by molar-refractivity contribution is 7.89. The Labute approximate surface area is 115 Å². The van der Waals surface area contributed by atoms with E-state index in [-0.39, 0.29) is 10.9 Å². The molecular weight excluding hydrogens is 260 g/mol. The first-order valence-electron chi connectivity index (χ1n) is 6.14. The molecule has 0 heterocycles. The largest absolute Gasteiger partial charge is 0.398 e. The number of aryl methyl sites for hydroxylation is 1. The van der Waals surface area contributed by atoms with Gasteiger partial charge in [0.15, 0.2) is 0 Å². The van der Waals surface area contributed by atoms with Crippen molar-refractivity contribution in [2.75, 3.05) is 5.73 Å². The Balaban J connectivity index is 3.11. The smallest absolute Gasteiger partial charge is 0.240 e. The van der Waals surface area contributed by atoms with E-state index < -0.39 is 10.0 Å². The van der Waals surface area contributed by atoms with Crippen LogP contribution in [0.1, 0.15) is 30.9 Å². The topological polar surface area (TPSA) is 72.2 Å². The zero-order valence-corrected chi connectivity index (χ0v) is 12.3. The van der Waals surface area contributed by atoms with Crippen molar-refractivity contribution < 1.29 is 8.42 Å². The van der Waals surface area contributed by atoms with Gasteiger partial charge < -0.3 is 5.73 Å². The van der Waals surface area contributed by atoms with Crippen LogP contribution in [0.4, 0.5) is 5.69 Å². The Morgan fingerprint density at radius 2 is 2.05 bits per heavy atom. The van der Waals surface area contributed by atoms with Crippen molar-refractivity contribution in [1.29, 1.82) is 0 Å². The van der Waals surface area contributed by atoms with Crippen LogP contribution in [0.5, 0.6) is 0 Å². The van der Waals surface area contributed by atoms with Crippen molar-refractivity contribution >= 4 is 15.7 Å². The fourth-order valence-corrected chi connectivity index (χ4v) is 3.15. The molecular formula is C14H20N2O2S. The zero-order valence-electron chi connectivity index (χ0n) is 11.5. The minimum atomic E-state index is -3.58. The van der Waals surface area contributed by atoms with E-state index in [4.69, 9.17) is 12.2 Å². The summed E-state index contributed by atoms with van der Waals surface area (Å²) >= 11 is 0. The van der Waals surface area contributed by atoms with E-state index in [2.05, 4.69) is 10.6 Å². The van der Waals surface area contributed by atoms with Crippen molar-refractivity contribution in [2.45, 2.75) is 44.6 Å². The number of sulfonamides is 1. The minimum Gasteiger partial charge on any atom is -0.398 e. The molecule has 0 aliphatic heterocycles. The highest BCUT2D eigenvalue weighted by Crippen LogP contribution is 2.21. The normalized spacial score (nSPS) is 12.9. The minimum absolute atomic E-state index is 0.184. The number of nitrogens with one attached hydrogen (secondary N) is 1. The summed E-state index contributed by atoms with van der Waals surface area (Å²) < 4.78 is 27.1. The summed E-state index contributed by atoms with van der Waals surface area (Å²) in [4.78, 5) is 0.184. The number of nitrogen functional groups attached to an aromatic ring is 1. The lowest BCUT2D eigenvalue weighted by molar-refractivity contribution is 0.544. The monoisotopic (exact) mass is 280 g/mol. The highest BCUT2D eigenvalue weighted by atomic mass is 32.2. The Morgan fingerprint density at radius 3 is 2.53 bits per heavy atom. The first kappa shape index (κ1) is 15.5. The van der Waals surface area contributed by atoms with Gasteiger partial charge in [0.2, 0.25) is 10.0 Å². The van der Waals surface area contributed by atoms with Crippen LogP contribution in [0.15, 0.2) is 17.0 Å². The van der Waals surface area contributed by atoms with Gasteiger partial charge in [0.05, 0.1) is 4.90 Å². The van der Waals surface area contributed by atoms with Gasteiger partial charge in [0.1, 0.15) is 0 Å². The van der Waals surface area contributed by atoms with Crippen molar-refractivity contribution in [3.8, 4) is 12.3 Å². The molecule has 0 bridgehead atoms. The summed E-state index contributed by atoms with van der Waals surface area (Å²) in [5, 5.41) is 0. The van der Waals surface area contributed by atoms with Gasteiger partial charge in [0, 0.05) is 18.2 Å². The molecule has 0 saturated heterocycles. The highest BCUT2D eigenvalue weighted by Gasteiger charge is 2.19. The van der Waals surface area contributed by atoms with Crippen LogP contribution in [0, 0.1) is 26.2 Å². The maximum absolute atomic E-state index is 12.3. The van der Waals surface area contributed by atoms with E-state index in [1.165, 1.54) is 6.07 Å².